The third-order valence-corrected chi connectivity index (χ3v) is 6.37. The lowest BCUT2D eigenvalue weighted by Gasteiger charge is -2.11. The number of para-hydroxylation sites is 1. The maximum Gasteiger partial charge on any atom is 0.258 e. The first-order valence-electron chi connectivity index (χ1n) is 9.30. The highest BCUT2D eigenvalue weighted by atomic mass is 32.2. The van der Waals surface area contributed by atoms with Gasteiger partial charge in [0.25, 0.3) is 5.91 Å². The second-order valence-electron chi connectivity index (χ2n) is 6.65. The van der Waals surface area contributed by atoms with Crippen LogP contribution in [0.15, 0.2) is 52.9 Å². The summed E-state index contributed by atoms with van der Waals surface area (Å²) >= 11 is 2.99. The van der Waals surface area contributed by atoms with Crippen LogP contribution < -0.4 is 5.32 Å². The van der Waals surface area contributed by atoms with Crippen LogP contribution in [0.4, 0.5) is 5.13 Å². The SMILES string of the molecule is CCSc1nnc(NC(=O)c2cc(-c3ccc(C)cc3C)nc3ccccc23)s1. The Kier molecular flexibility index (Phi) is 5.60. The Labute approximate surface area is 177 Å². The normalized spacial score (nSPS) is 11.0. The molecule has 2 aromatic heterocycles. The number of nitrogens with one attached hydrogen (secondary N) is 1. The van der Waals surface area contributed by atoms with E-state index in [0.717, 1.165) is 37.8 Å². The molecule has 7 heteroatoms. The van der Waals surface area contributed by atoms with E-state index in [0.29, 0.717) is 10.7 Å². The first-order valence-corrected chi connectivity index (χ1v) is 11.1. The largest absolute Gasteiger partial charge is 0.296 e. The monoisotopic (exact) mass is 420 g/mol. The van der Waals surface area contributed by atoms with E-state index in [9.17, 15) is 4.79 Å². The van der Waals surface area contributed by atoms with Crippen LogP contribution in [-0.2, 0) is 0 Å². The smallest absolute Gasteiger partial charge is 0.258 e. The maximum atomic E-state index is 13.1. The molecule has 1 N–H and O–H groups in total. The fourth-order valence-electron chi connectivity index (χ4n) is 3.21. The summed E-state index contributed by atoms with van der Waals surface area (Å²) in [7, 11) is 0. The van der Waals surface area contributed by atoms with Gasteiger partial charge in [-0.15, -0.1) is 10.2 Å². The zero-order valence-corrected chi connectivity index (χ0v) is 18.0. The molecule has 0 fully saturated rings. The Morgan fingerprint density at radius 1 is 1.10 bits per heavy atom. The van der Waals surface area contributed by atoms with Crippen molar-refractivity contribution in [2.24, 2.45) is 0 Å². The van der Waals surface area contributed by atoms with Gasteiger partial charge in [-0.25, -0.2) is 4.98 Å². The van der Waals surface area contributed by atoms with E-state index in [4.69, 9.17) is 4.98 Å². The molecule has 0 bridgehead atoms. The number of aryl methyl sites for hydroxylation is 2. The second-order valence-corrected chi connectivity index (χ2v) is 9.14. The second kappa shape index (κ2) is 8.31. The van der Waals surface area contributed by atoms with E-state index < -0.39 is 0 Å². The summed E-state index contributed by atoms with van der Waals surface area (Å²) < 4.78 is 0.846. The van der Waals surface area contributed by atoms with E-state index in [1.165, 1.54) is 16.9 Å². The lowest BCUT2D eigenvalue weighted by molar-refractivity contribution is 0.102. The quantitative estimate of drug-likeness (QED) is 0.330. The minimum atomic E-state index is -0.209. The molecule has 0 saturated heterocycles. The molecule has 0 saturated carbocycles. The zero-order chi connectivity index (χ0) is 20.4. The maximum absolute atomic E-state index is 13.1. The highest BCUT2D eigenvalue weighted by Gasteiger charge is 2.16. The predicted molar refractivity (Wildman–Crippen MR) is 121 cm³/mol. The molecule has 0 radical (unpaired) electrons. The number of thioether (sulfide) groups is 1. The highest BCUT2D eigenvalue weighted by Crippen LogP contribution is 2.29. The predicted octanol–water partition coefficient (Wildman–Crippen LogP) is 5.73. The molecule has 146 valence electrons. The summed E-state index contributed by atoms with van der Waals surface area (Å²) in [6, 6.07) is 15.8. The van der Waals surface area contributed by atoms with E-state index in [1.807, 2.05) is 30.3 Å². The molecular formula is C22H20N4OS2. The van der Waals surface area contributed by atoms with Crippen LogP contribution in [0.2, 0.25) is 0 Å². The topological polar surface area (TPSA) is 67.8 Å². The number of nitrogens with zero attached hydrogens (tertiary/aromatic N) is 3. The van der Waals surface area contributed by atoms with Gasteiger partial charge in [0.2, 0.25) is 5.13 Å². The van der Waals surface area contributed by atoms with E-state index in [1.54, 1.807) is 11.8 Å². The minimum absolute atomic E-state index is 0.209. The lowest BCUT2D eigenvalue weighted by Crippen LogP contribution is -2.13. The van der Waals surface area contributed by atoms with Crippen molar-refractivity contribution in [2.45, 2.75) is 25.1 Å². The molecule has 2 aromatic carbocycles. The van der Waals surface area contributed by atoms with Crippen molar-refractivity contribution in [1.82, 2.24) is 15.2 Å². The number of hydrogen-bond acceptors (Lipinski definition) is 6. The molecule has 0 spiro atoms. The number of pyridine rings is 1. The van der Waals surface area contributed by atoms with Gasteiger partial charge in [0.05, 0.1) is 16.8 Å². The Hall–Kier alpha value is -2.77. The molecule has 0 unspecified atom stereocenters. The molecule has 29 heavy (non-hydrogen) atoms. The lowest BCUT2D eigenvalue weighted by atomic mass is 9.99. The summed E-state index contributed by atoms with van der Waals surface area (Å²) in [5.41, 5.74) is 5.49. The third-order valence-electron chi connectivity index (χ3n) is 4.51. The number of rotatable bonds is 5. The van der Waals surface area contributed by atoms with Crippen LogP contribution in [0.3, 0.4) is 0 Å². The Morgan fingerprint density at radius 2 is 1.93 bits per heavy atom. The van der Waals surface area contributed by atoms with Crippen LogP contribution in [-0.4, -0.2) is 26.8 Å². The molecule has 5 nitrogen and oxygen atoms in total. The molecular weight excluding hydrogens is 400 g/mol. The van der Waals surface area contributed by atoms with Crippen molar-refractivity contribution < 1.29 is 4.79 Å². The summed E-state index contributed by atoms with van der Waals surface area (Å²) in [5, 5.41) is 12.4. The fraction of sp³-hybridized carbons (Fsp3) is 0.182. The number of carbonyl (C=O) groups excluding carboxylic acids is 1. The van der Waals surface area contributed by atoms with E-state index in [-0.39, 0.29) is 5.91 Å². The Bertz CT molecular complexity index is 1200. The average Bonchev–Trinajstić information content (AvgIpc) is 3.14. The molecule has 0 aliphatic heterocycles. The Balaban J connectivity index is 1.76. The third kappa shape index (κ3) is 4.16. The summed E-state index contributed by atoms with van der Waals surface area (Å²) in [5.74, 6) is 0.704. The number of carbonyl (C=O) groups is 1. The first kappa shape index (κ1) is 19.5. The standard InChI is InChI=1S/C22H20N4OS2/c1-4-28-22-26-25-21(29-22)24-20(27)17-12-19(15-10-9-13(2)11-14(15)3)23-18-8-6-5-7-16(17)18/h5-12H,4H2,1-3H3,(H,24,25,27). The highest BCUT2D eigenvalue weighted by molar-refractivity contribution is 8.01. The van der Waals surface area contributed by atoms with Gasteiger partial charge < -0.3 is 0 Å². The average molecular weight is 421 g/mol. The van der Waals surface area contributed by atoms with Gasteiger partial charge in [-0.2, -0.15) is 0 Å². The molecule has 4 rings (SSSR count). The molecule has 2 heterocycles. The van der Waals surface area contributed by atoms with Crippen molar-refractivity contribution >= 4 is 45.0 Å². The summed E-state index contributed by atoms with van der Waals surface area (Å²) in [6.07, 6.45) is 0. The van der Waals surface area contributed by atoms with Crippen molar-refractivity contribution in [2.75, 3.05) is 11.1 Å². The van der Waals surface area contributed by atoms with Gasteiger partial charge in [0.1, 0.15) is 0 Å². The van der Waals surface area contributed by atoms with E-state index >= 15 is 0 Å². The Morgan fingerprint density at radius 3 is 2.72 bits per heavy atom. The zero-order valence-electron chi connectivity index (χ0n) is 16.4. The number of fused-ring (bicyclic) bond motifs is 1. The van der Waals surface area contributed by atoms with E-state index in [2.05, 4.69) is 54.5 Å². The van der Waals surface area contributed by atoms with Crippen molar-refractivity contribution in [3.05, 3.63) is 65.2 Å². The molecule has 4 aromatic rings. The minimum Gasteiger partial charge on any atom is -0.296 e. The van der Waals surface area contributed by atoms with Gasteiger partial charge in [0.15, 0.2) is 4.34 Å². The summed E-state index contributed by atoms with van der Waals surface area (Å²) in [6.45, 7) is 6.19. The number of amides is 1. The van der Waals surface area contributed by atoms with Crippen LogP contribution in [0, 0.1) is 13.8 Å². The van der Waals surface area contributed by atoms with Gasteiger partial charge in [-0.1, -0.05) is 72.0 Å². The van der Waals surface area contributed by atoms with Gasteiger partial charge in [-0.3, -0.25) is 10.1 Å². The number of aromatic nitrogens is 3. The number of anilines is 1. The van der Waals surface area contributed by atoms with Crippen molar-refractivity contribution in [3.63, 3.8) is 0 Å². The van der Waals surface area contributed by atoms with Crippen molar-refractivity contribution in [1.29, 1.82) is 0 Å². The van der Waals surface area contributed by atoms with Crippen molar-refractivity contribution in [3.8, 4) is 11.3 Å². The van der Waals surface area contributed by atoms with Gasteiger partial charge in [-0.05, 0) is 37.3 Å². The number of hydrogen-bond donors (Lipinski definition) is 1. The molecule has 0 aliphatic carbocycles. The summed E-state index contributed by atoms with van der Waals surface area (Å²) in [4.78, 5) is 17.9. The number of benzene rings is 2. The van der Waals surface area contributed by atoms with Crippen LogP contribution in [0.25, 0.3) is 22.2 Å². The van der Waals surface area contributed by atoms with Crippen LogP contribution >= 0.6 is 23.1 Å². The molecule has 1 amide bonds. The fourth-order valence-corrected chi connectivity index (χ4v) is 4.85. The van der Waals surface area contributed by atoms with Gasteiger partial charge in [0, 0.05) is 10.9 Å². The first-order chi connectivity index (χ1) is 14.0. The van der Waals surface area contributed by atoms with Crippen LogP contribution in [0.5, 0.6) is 0 Å². The molecule has 0 aliphatic rings. The molecule has 0 atom stereocenters. The van der Waals surface area contributed by atoms with Gasteiger partial charge >= 0.3 is 0 Å². The van der Waals surface area contributed by atoms with Crippen LogP contribution in [0.1, 0.15) is 28.4 Å².